The van der Waals surface area contributed by atoms with Crippen LogP contribution in [-0.4, -0.2) is 31.5 Å². The predicted octanol–water partition coefficient (Wildman–Crippen LogP) is 1.96. The number of hydrogen-bond acceptors (Lipinski definition) is 7. The number of thioether (sulfide) groups is 1. The second kappa shape index (κ2) is 6.96. The Balaban J connectivity index is 2.05. The van der Waals surface area contributed by atoms with Gasteiger partial charge in [-0.05, 0) is 18.6 Å². The molecule has 1 aromatic heterocycles. The number of nitrogens with two attached hydrogens (primary N) is 1. The number of aromatic nitrogens is 3. The predicted molar refractivity (Wildman–Crippen MR) is 82.4 cm³/mol. The van der Waals surface area contributed by atoms with Crippen molar-refractivity contribution in [2.45, 2.75) is 18.3 Å². The van der Waals surface area contributed by atoms with Gasteiger partial charge in [0.2, 0.25) is 11.1 Å². The third-order valence-corrected chi connectivity index (χ3v) is 3.82. The molecule has 0 atom stereocenters. The lowest BCUT2D eigenvalue weighted by Crippen LogP contribution is -2.22. The summed E-state index contributed by atoms with van der Waals surface area (Å²) in [5.41, 5.74) is 0.320. The molecule has 25 heavy (non-hydrogen) atoms. The number of hydrogen-bond donors (Lipinski definition) is 2. The first-order valence-corrected chi connectivity index (χ1v) is 7.53. The van der Waals surface area contributed by atoms with Gasteiger partial charge in [-0.1, -0.05) is 17.8 Å². The third kappa shape index (κ3) is 4.37. The SMILES string of the molecule is Cc1ccc(NC(=O)CSc2nnc(C(F)(F)F)n2N)c([N+](=O)[O-])c1. The van der Waals surface area contributed by atoms with E-state index in [0.717, 1.165) is 0 Å². The number of carbonyl (C=O) groups excluding carboxylic acids is 1. The number of rotatable bonds is 5. The van der Waals surface area contributed by atoms with Gasteiger partial charge in [0.15, 0.2) is 0 Å². The highest BCUT2D eigenvalue weighted by Crippen LogP contribution is 2.29. The molecule has 0 saturated heterocycles. The maximum atomic E-state index is 12.5. The Hall–Kier alpha value is -2.83. The molecule has 0 bridgehead atoms. The van der Waals surface area contributed by atoms with E-state index in [-0.39, 0.29) is 27.0 Å². The van der Waals surface area contributed by atoms with E-state index in [9.17, 15) is 28.1 Å². The monoisotopic (exact) mass is 376 g/mol. The Morgan fingerprint density at radius 3 is 2.68 bits per heavy atom. The third-order valence-electron chi connectivity index (χ3n) is 2.87. The summed E-state index contributed by atoms with van der Waals surface area (Å²) in [6.45, 7) is 1.65. The summed E-state index contributed by atoms with van der Waals surface area (Å²) in [5.74, 6) is 2.80. The Bertz CT molecular complexity index is 823. The fourth-order valence-electron chi connectivity index (χ4n) is 1.78. The van der Waals surface area contributed by atoms with E-state index in [2.05, 4.69) is 15.5 Å². The molecule has 0 aliphatic heterocycles. The highest BCUT2D eigenvalue weighted by Gasteiger charge is 2.38. The van der Waals surface area contributed by atoms with Crippen LogP contribution >= 0.6 is 11.8 Å². The molecule has 2 rings (SSSR count). The standard InChI is InChI=1S/C12H11F3N6O3S/c1-6-2-3-7(8(4-6)21(23)24)17-9(22)5-25-11-19-18-10(20(11)16)12(13,14)15/h2-4H,5,16H2,1H3,(H,17,22). The van der Waals surface area contributed by atoms with Gasteiger partial charge < -0.3 is 11.2 Å². The van der Waals surface area contributed by atoms with Gasteiger partial charge in [0.05, 0.1) is 10.7 Å². The number of carbonyl (C=O) groups is 1. The molecule has 3 N–H and O–H groups in total. The minimum Gasteiger partial charge on any atom is -0.335 e. The Labute approximate surface area is 142 Å². The smallest absolute Gasteiger partial charge is 0.335 e. The van der Waals surface area contributed by atoms with E-state index in [1.807, 2.05) is 0 Å². The summed E-state index contributed by atoms with van der Waals surface area (Å²) in [6.07, 6.45) is -4.77. The number of nitrogens with one attached hydrogen (secondary N) is 1. The van der Waals surface area contributed by atoms with E-state index in [4.69, 9.17) is 5.84 Å². The maximum Gasteiger partial charge on any atom is 0.453 e. The molecule has 0 spiro atoms. The molecule has 0 unspecified atom stereocenters. The molecule has 2 aromatic rings. The van der Waals surface area contributed by atoms with Crippen molar-refractivity contribution in [3.05, 3.63) is 39.7 Å². The second-order valence-electron chi connectivity index (χ2n) is 4.79. The molecule has 0 fully saturated rings. The van der Waals surface area contributed by atoms with Gasteiger partial charge in [0.25, 0.3) is 11.5 Å². The van der Waals surface area contributed by atoms with Gasteiger partial charge in [-0.2, -0.15) is 13.2 Å². The highest BCUT2D eigenvalue weighted by atomic mass is 32.2. The van der Waals surface area contributed by atoms with Crippen molar-refractivity contribution in [2.75, 3.05) is 16.9 Å². The average Bonchev–Trinajstić information content (AvgIpc) is 2.88. The van der Waals surface area contributed by atoms with E-state index < -0.39 is 22.8 Å². The lowest BCUT2D eigenvalue weighted by molar-refractivity contribution is -0.384. The number of amides is 1. The molecule has 1 heterocycles. The minimum atomic E-state index is -4.77. The van der Waals surface area contributed by atoms with Crippen molar-refractivity contribution in [1.82, 2.24) is 14.9 Å². The van der Waals surface area contributed by atoms with Gasteiger partial charge in [0, 0.05) is 6.07 Å². The van der Waals surface area contributed by atoms with Crippen LogP contribution in [0.15, 0.2) is 23.4 Å². The van der Waals surface area contributed by atoms with Crippen molar-refractivity contribution in [1.29, 1.82) is 0 Å². The van der Waals surface area contributed by atoms with Gasteiger partial charge in [-0.3, -0.25) is 14.9 Å². The van der Waals surface area contributed by atoms with Crippen LogP contribution in [0.5, 0.6) is 0 Å². The van der Waals surface area contributed by atoms with Gasteiger partial charge in [0.1, 0.15) is 5.69 Å². The summed E-state index contributed by atoms with van der Waals surface area (Å²) < 4.78 is 37.9. The number of nitrogens with zero attached hydrogens (tertiary/aromatic N) is 4. The molecule has 13 heteroatoms. The first kappa shape index (κ1) is 18.5. The van der Waals surface area contributed by atoms with Crippen molar-refractivity contribution >= 4 is 29.0 Å². The van der Waals surface area contributed by atoms with Crippen LogP contribution in [0.3, 0.4) is 0 Å². The van der Waals surface area contributed by atoms with Crippen LogP contribution in [0.1, 0.15) is 11.4 Å². The molecule has 9 nitrogen and oxygen atoms in total. The van der Waals surface area contributed by atoms with Gasteiger partial charge in [-0.25, -0.2) is 4.68 Å². The molecular formula is C12H11F3N6O3S. The summed E-state index contributed by atoms with van der Waals surface area (Å²) in [5, 5.41) is 19.2. The van der Waals surface area contributed by atoms with E-state index in [1.54, 1.807) is 13.0 Å². The largest absolute Gasteiger partial charge is 0.453 e. The van der Waals surface area contributed by atoms with Crippen molar-refractivity contribution < 1.29 is 22.9 Å². The van der Waals surface area contributed by atoms with Crippen molar-refractivity contribution in [3.8, 4) is 0 Å². The Kier molecular flexibility index (Phi) is 5.15. The van der Waals surface area contributed by atoms with Crippen LogP contribution in [0.4, 0.5) is 24.5 Å². The Morgan fingerprint density at radius 2 is 2.12 bits per heavy atom. The number of anilines is 1. The molecule has 134 valence electrons. The fourth-order valence-corrected chi connectivity index (χ4v) is 2.44. The summed E-state index contributed by atoms with van der Waals surface area (Å²) in [6, 6.07) is 4.22. The quantitative estimate of drug-likeness (QED) is 0.353. The van der Waals surface area contributed by atoms with E-state index >= 15 is 0 Å². The molecule has 0 aliphatic carbocycles. The second-order valence-corrected chi connectivity index (χ2v) is 5.73. The number of nitro benzene ring substituents is 1. The van der Waals surface area contributed by atoms with E-state index in [0.29, 0.717) is 17.3 Å². The summed E-state index contributed by atoms with van der Waals surface area (Å²) in [4.78, 5) is 22.2. The molecule has 1 amide bonds. The number of nitro groups is 1. The summed E-state index contributed by atoms with van der Waals surface area (Å²) in [7, 11) is 0. The molecule has 0 aliphatic rings. The van der Waals surface area contributed by atoms with Crippen LogP contribution in [0.25, 0.3) is 0 Å². The first-order chi connectivity index (χ1) is 11.6. The Morgan fingerprint density at radius 1 is 1.44 bits per heavy atom. The topological polar surface area (TPSA) is 129 Å². The maximum absolute atomic E-state index is 12.5. The molecule has 0 saturated carbocycles. The lowest BCUT2D eigenvalue weighted by atomic mass is 10.2. The normalized spacial score (nSPS) is 11.4. The zero-order valence-electron chi connectivity index (χ0n) is 12.6. The first-order valence-electron chi connectivity index (χ1n) is 6.55. The number of alkyl halides is 3. The van der Waals surface area contributed by atoms with Gasteiger partial charge in [-0.15, -0.1) is 10.2 Å². The van der Waals surface area contributed by atoms with Crippen LogP contribution < -0.4 is 11.2 Å². The average molecular weight is 376 g/mol. The van der Waals surface area contributed by atoms with Crippen LogP contribution in [0, 0.1) is 17.0 Å². The molecule has 1 aromatic carbocycles. The zero-order valence-corrected chi connectivity index (χ0v) is 13.4. The minimum absolute atomic E-state index is 0.0219. The number of nitrogen functional groups attached to an aromatic ring is 1. The molecular weight excluding hydrogens is 365 g/mol. The molecule has 0 radical (unpaired) electrons. The lowest BCUT2D eigenvalue weighted by Gasteiger charge is -2.07. The van der Waals surface area contributed by atoms with Crippen LogP contribution in [-0.2, 0) is 11.0 Å². The van der Waals surface area contributed by atoms with E-state index in [1.165, 1.54) is 12.1 Å². The number of halogens is 3. The van der Waals surface area contributed by atoms with Crippen molar-refractivity contribution in [2.24, 2.45) is 0 Å². The van der Waals surface area contributed by atoms with Crippen LogP contribution in [0.2, 0.25) is 0 Å². The van der Waals surface area contributed by atoms with Crippen molar-refractivity contribution in [3.63, 3.8) is 0 Å². The number of aryl methyl sites for hydroxylation is 1. The van der Waals surface area contributed by atoms with Gasteiger partial charge >= 0.3 is 6.18 Å². The summed E-state index contributed by atoms with van der Waals surface area (Å²) >= 11 is 0.611. The highest BCUT2D eigenvalue weighted by molar-refractivity contribution is 7.99. The fraction of sp³-hybridized carbons (Fsp3) is 0.250. The number of benzene rings is 1. The zero-order chi connectivity index (χ0) is 18.8.